The van der Waals surface area contributed by atoms with E-state index >= 15 is 0 Å². The van der Waals surface area contributed by atoms with E-state index in [2.05, 4.69) is 19.2 Å². The zero-order valence-electron chi connectivity index (χ0n) is 7.90. The first-order chi connectivity index (χ1) is 5.36. The Morgan fingerprint density at radius 2 is 2.09 bits per heavy atom. The highest BCUT2D eigenvalue weighted by atomic mass is 14.9. The predicted octanol–water partition coefficient (Wildman–Crippen LogP) is 2.56. The number of rotatable bonds is 6. The quantitative estimate of drug-likeness (QED) is 0.621. The molecule has 0 aliphatic heterocycles. The van der Waals surface area contributed by atoms with Crippen molar-refractivity contribution in [3.63, 3.8) is 0 Å². The highest BCUT2D eigenvalue weighted by molar-refractivity contribution is 4.75. The second kappa shape index (κ2) is 4.76. The lowest BCUT2D eigenvalue weighted by molar-refractivity contribution is 0.454. The van der Waals surface area contributed by atoms with Crippen LogP contribution in [0.15, 0.2) is 0 Å². The van der Waals surface area contributed by atoms with Gasteiger partial charge in [-0.2, -0.15) is 0 Å². The van der Waals surface area contributed by atoms with E-state index in [9.17, 15) is 0 Å². The zero-order valence-corrected chi connectivity index (χ0v) is 7.90. The van der Waals surface area contributed by atoms with E-state index in [1.807, 2.05) is 0 Å². The lowest BCUT2D eigenvalue weighted by atomic mass is 10.1. The molecule has 1 atom stereocenters. The number of nitrogens with one attached hydrogen (secondary N) is 1. The zero-order chi connectivity index (χ0) is 8.10. The molecule has 1 saturated carbocycles. The van der Waals surface area contributed by atoms with Gasteiger partial charge < -0.3 is 5.32 Å². The van der Waals surface area contributed by atoms with Gasteiger partial charge in [-0.1, -0.05) is 26.7 Å². The molecule has 0 bridgehead atoms. The SMILES string of the molecule is CCNC(CC)CCC1CC1. The van der Waals surface area contributed by atoms with Crippen LogP contribution in [0.4, 0.5) is 0 Å². The minimum atomic E-state index is 0.792. The predicted molar refractivity (Wildman–Crippen MR) is 49.7 cm³/mol. The minimum absolute atomic E-state index is 0.792. The van der Waals surface area contributed by atoms with Crippen LogP contribution >= 0.6 is 0 Å². The summed E-state index contributed by atoms with van der Waals surface area (Å²) in [6, 6.07) is 0.792. The fourth-order valence-electron chi connectivity index (χ4n) is 1.58. The topological polar surface area (TPSA) is 12.0 Å². The van der Waals surface area contributed by atoms with Gasteiger partial charge in [0.1, 0.15) is 0 Å². The van der Waals surface area contributed by atoms with Gasteiger partial charge in [-0.25, -0.2) is 0 Å². The van der Waals surface area contributed by atoms with Crippen LogP contribution in [0.3, 0.4) is 0 Å². The summed E-state index contributed by atoms with van der Waals surface area (Å²) < 4.78 is 0. The normalized spacial score (nSPS) is 20.2. The summed E-state index contributed by atoms with van der Waals surface area (Å²) in [5, 5.41) is 3.52. The van der Waals surface area contributed by atoms with E-state index in [1.165, 1.54) is 32.1 Å². The van der Waals surface area contributed by atoms with Gasteiger partial charge in [0.2, 0.25) is 0 Å². The Bertz CT molecular complexity index is 97.0. The number of hydrogen-bond donors (Lipinski definition) is 1. The first-order valence-electron chi connectivity index (χ1n) is 5.10. The maximum Gasteiger partial charge on any atom is 0.00644 e. The molecule has 1 aliphatic rings. The summed E-state index contributed by atoms with van der Waals surface area (Å²) in [6.07, 6.45) is 7.16. The smallest absolute Gasteiger partial charge is 0.00644 e. The van der Waals surface area contributed by atoms with Crippen molar-refractivity contribution < 1.29 is 0 Å². The molecule has 66 valence electrons. The van der Waals surface area contributed by atoms with Crippen LogP contribution in [0.25, 0.3) is 0 Å². The molecule has 1 heteroatoms. The fourth-order valence-corrected chi connectivity index (χ4v) is 1.58. The molecule has 1 nitrogen and oxygen atoms in total. The summed E-state index contributed by atoms with van der Waals surface area (Å²) in [5.41, 5.74) is 0. The lowest BCUT2D eigenvalue weighted by Crippen LogP contribution is -2.27. The Hall–Kier alpha value is -0.0400. The number of hydrogen-bond acceptors (Lipinski definition) is 1. The Kier molecular flexibility index (Phi) is 3.92. The van der Waals surface area contributed by atoms with Crippen LogP contribution in [-0.2, 0) is 0 Å². The second-order valence-electron chi connectivity index (χ2n) is 3.68. The van der Waals surface area contributed by atoms with E-state index in [4.69, 9.17) is 0 Å². The van der Waals surface area contributed by atoms with Crippen LogP contribution in [0, 0.1) is 5.92 Å². The van der Waals surface area contributed by atoms with Crippen molar-refractivity contribution in [3.05, 3.63) is 0 Å². The molecular weight excluding hydrogens is 134 g/mol. The molecular formula is C10H21N. The highest BCUT2D eigenvalue weighted by Gasteiger charge is 2.21. The van der Waals surface area contributed by atoms with Crippen molar-refractivity contribution in [1.29, 1.82) is 0 Å². The largest absolute Gasteiger partial charge is 0.314 e. The third-order valence-electron chi connectivity index (χ3n) is 2.61. The van der Waals surface area contributed by atoms with Gasteiger partial charge in [0, 0.05) is 6.04 Å². The van der Waals surface area contributed by atoms with Crippen molar-refractivity contribution in [2.75, 3.05) is 6.54 Å². The average molecular weight is 155 g/mol. The molecule has 11 heavy (non-hydrogen) atoms. The third-order valence-corrected chi connectivity index (χ3v) is 2.61. The summed E-state index contributed by atoms with van der Waals surface area (Å²) >= 11 is 0. The molecule has 0 saturated heterocycles. The van der Waals surface area contributed by atoms with Gasteiger partial charge in [-0.05, 0) is 31.7 Å². The molecule has 0 aromatic heterocycles. The van der Waals surface area contributed by atoms with Crippen molar-refractivity contribution in [1.82, 2.24) is 5.32 Å². The van der Waals surface area contributed by atoms with Gasteiger partial charge >= 0.3 is 0 Å². The molecule has 1 fully saturated rings. The molecule has 0 aromatic rings. The first kappa shape index (κ1) is 9.05. The summed E-state index contributed by atoms with van der Waals surface area (Å²) in [5.74, 6) is 1.10. The molecule has 0 spiro atoms. The van der Waals surface area contributed by atoms with Crippen LogP contribution in [-0.4, -0.2) is 12.6 Å². The molecule has 1 aliphatic carbocycles. The molecule has 1 rings (SSSR count). The molecule has 0 heterocycles. The first-order valence-corrected chi connectivity index (χ1v) is 5.10. The van der Waals surface area contributed by atoms with Crippen molar-refractivity contribution >= 4 is 0 Å². The monoisotopic (exact) mass is 155 g/mol. The molecule has 0 aromatic carbocycles. The van der Waals surface area contributed by atoms with E-state index in [1.54, 1.807) is 0 Å². The van der Waals surface area contributed by atoms with E-state index in [-0.39, 0.29) is 0 Å². The molecule has 0 radical (unpaired) electrons. The molecule has 0 amide bonds. The van der Waals surface area contributed by atoms with Crippen LogP contribution < -0.4 is 5.32 Å². The maximum atomic E-state index is 3.52. The molecule has 1 N–H and O–H groups in total. The standard InChI is InChI=1S/C10H21N/c1-3-10(11-4-2)8-7-9-5-6-9/h9-11H,3-8H2,1-2H3. The summed E-state index contributed by atoms with van der Waals surface area (Å²) in [7, 11) is 0. The van der Waals surface area contributed by atoms with Gasteiger partial charge in [0.15, 0.2) is 0 Å². The van der Waals surface area contributed by atoms with Crippen molar-refractivity contribution in [2.45, 2.75) is 52.0 Å². The Morgan fingerprint density at radius 3 is 2.55 bits per heavy atom. The maximum absolute atomic E-state index is 3.52. The second-order valence-corrected chi connectivity index (χ2v) is 3.68. The fraction of sp³-hybridized carbons (Fsp3) is 1.00. The lowest BCUT2D eigenvalue weighted by Gasteiger charge is -2.14. The Balaban J connectivity index is 1.98. The van der Waals surface area contributed by atoms with E-state index in [0.29, 0.717) is 0 Å². The van der Waals surface area contributed by atoms with E-state index in [0.717, 1.165) is 18.5 Å². The van der Waals surface area contributed by atoms with Gasteiger partial charge in [-0.15, -0.1) is 0 Å². The van der Waals surface area contributed by atoms with Crippen LogP contribution in [0.5, 0.6) is 0 Å². The minimum Gasteiger partial charge on any atom is -0.314 e. The molecule has 1 unspecified atom stereocenters. The highest BCUT2D eigenvalue weighted by Crippen LogP contribution is 2.33. The summed E-state index contributed by atoms with van der Waals surface area (Å²) in [6.45, 7) is 5.60. The van der Waals surface area contributed by atoms with Gasteiger partial charge in [-0.3, -0.25) is 0 Å². The van der Waals surface area contributed by atoms with Crippen molar-refractivity contribution in [2.24, 2.45) is 5.92 Å². The van der Waals surface area contributed by atoms with E-state index < -0.39 is 0 Å². The van der Waals surface area contributed by atoms with Crippen LogP contribution in [0.1, 0.15) is 46.0 Å². The van der Waals surface area contributed by atoms with Crippen molar-refractivity contribution in [3.8, 4) is 0 Å². The third kappa shape index (κ3) is 3.76. The average Bonchev–Trinajstić information content (AvgIpc) is 2.81. The van der Waals surface area contributed by atoms with Gasteiger partial charge in [0.05, 0.1) is 0 Å². The van der Waals surface area contributed by atoms with Crippen LogP contribution in [0.2, 0.25) is 0 Å². The Morgan fingerprint density at radius 1 is 1.36 bits per heavy atom. The summed E-state index contributed by atoms with van der Waals surface area (Å²) in [4.78, 5) is 0. The Labute approximate surface area is 70.6 Å². The van der Waals surface area contributed by atoms with Gasteiger partial charge in [0.25, 0.3) is 0 Å².